The Morgan fingerprint density at radius 3 is 3.11 bits per heavy atom. The van der Waals surface area contributed by atoms with Crippen LogP contribution in [0.5, 0.6) is 0 Å². The molecule has 5 heteroatoms. The molecule has 2 rings (SSSR count). The molecule has 0 amide bonds. The van der Waals surface area contributed by atoms with Crippen LogP contribution < -0.4 is 5.73 Å². The number of pyridine rings is 1. The molecule has 0 radical (unpaired) electrons. The van der Waals surface area contributed by atoms with Gasteiger partial charge in [-0.1, -0.05) is 12.5 Å². The molecule has 1 aromatic rings. The van der Waals surface area contributed by atoms with Crippen LogP contribution in [-0.4, -0.2) is 35.0 Å². The maximum absolute atomic E-state index is 12.0. The van der Waals surface area contributed by atoms with Gasteiger partial charge in [0.25, 0.3) is 0 Å². The van der Waals surface area contributed by atoms with Crippen LogP contribution >= 0.6 is 0 Å². The van der Waals surface area contributed by atoms with E-state index in [0.29, 0.717) is 19.0 Å². The molecule has 0 bridgehead atoms. The quantitative estimate of drug-likeness (QED) is 0.835. The number of carbonyl (C=O) groups is 1. The van der Waals surface area contributed by atoms with E-state index < -0.39 is 0 Å². The van der Waals surface area contributed by atoms with Gasteiger partial charge in [-0.25, -0.2) is 4.98 Å². The van der Waals surface area contributed by atoms with E-state index in [1.165, 1.54) is 0 Å². The van der Waals surface area contributed by atoms with Crippen molar-refractivity contribution < 1.29 is 9.53 Å². The van der Waals surface area contributed by atoms with Crippen molar-refractivity contribution in [2.24, 2.45) is 0 Å². The van der Waals surface area contributed by atoms with E-state index in [1.807, 2.05) is 19.1 Å². The molecule has 1 fully saturated rings. The molecule has 2 N–H and O–H groups in total. The number of hydrogen-bond donors (Lipinski definition) is 1. The summed E-state index contributed by atoms with van der Waals surface area (Å²) in [6.07, 6.45) is 3.05. The summed E-state index contributed by atoms with van der Waals surface area (Å²) in [7, 11) is 0. The van der Waals surface area contributed by atoms with Gasteiger partial charge in [-0.05, 0) is 38.4 Å². The number of piperidine rings is 1. The third kappa shape index (κ3) is 3.67. The molecule has 2 heterocycles. The lowest BCUT2D eigenvalue weighted by Gasteiger charge is -2.33. The van der Waals surface area contributed by atoms with Gasteiger partial charge < -0.3 is 10.5 Å². The molecule has 1 aliphatic rings. The summed E-state index contributed by atoms with van der Waals surface area (Å²) in [6.45, 7) is 3.82. The second-order valence-corrected chi connectivity index (χ2v) is 4.79. The van der Waals surface area contributed by atoms with Gasteiger partial charge >= 0.3 is 5.97 Å². The minimum absolute atomic E-state index is 0.119. The Morgan fingerprint density at radius 2 is 2.37 bits per heavy atom. The van der Waals surface area contributed by atoms with E-state index in [9.17, 15) is 4.79 Å². The highest BCUT2D eigenvalue weighted by atomic mass is 16.5. The van der Waals surface area contributed by atoms with Gasteiger partial charge in [0.15, 0.2) is 0 Å². The normalized spacial score (nSPS) is 20.2. The summed E-state index contributed by atoms with van der Waals surface area (Å²) >= 11 is 0. The van der Waals surface area contributed by atoms with Crippen LogP contribution in [0.1, 0.15) is 31.9 Å². The highest BCUT2D eigenvalue weighted by Crippen LogP contribution is 2.20. The van der Waals surface area contributed by atoms with Crippen molar-refractivity contribution in [3.05, 3.63) is 23.9 Å². The zero-order chi connectivity index (χ0) is 13.7. The number of ether oxygens (including phenoxy) is 1. The van der Waals surface area contributed by atoms with Crippen LogP contribution in [0.3, 0.4) is 0 Å². The van der Waals surface area contributed by atoms with Gasteiger partial charge in [0.1, 0.15) is 11.9 Å². The van der Waals surface area contributed by atoms with Crippen molar-refractivity contribution in [3.8, 4) is 0 Å². The number of anilines is 1. The SMILES string of the molecule is CCOC(=O)C1CCCCN1Cc1cccc(N)n1. The van der Waals surface area contributed by atoms with E-state index in [1.54, 1.807) is 6.07 Å². The van der Waals surface area contributed by atoms with E-state index >= 15 is 0 Å². The molecule has 1 atom stereocenters. The molecule has 1 unspecified atom stereocenters. The lowest BCUT2D eigenvalue weighted by Crippen LogP contribution is -2.45. The van der Waals surface area contributed by atoms with Gasteiger partial charge in [-0.3, -0.25) is 9.69 Å². The summed E-state index contributed by atoms with van der Waals surface area (Å²) in [6, 6.07) is 5.45. The fourth-order valence-corrected chi connectivity index (χ4v) is 2.48. The van der Waals surface area contributed by atoms with Crippen LogP contribution in [0.4, 0.5) is 5.82 Å². The Kier molecular flexibility index (Phi) is 4.74. The molecule has 1 aromatic heterocycles. The van der Waals surface area contributed by atoms with Gasteiger partial charge in [-0.2, -0.15) is 0 Å². The molecule has 1 aliphatic heterocycles. The molecule has 0 spiro atoms. The van der Waals surface area contributed by atoms with E-state index in [2.05, 4.69) is 9.88 Å². The number of nitrogens with two attached hydrogens (primary N) is 1. The van der Waals surface area contributed by atoms with Crippen LogP contribution in [0.2, 0.25) is 0 Å². The molecular formula is C14H21N3O2. The topological polar surface area (TPSA) is 68.5 Å². The smallest absolute Gasteiger partial charge is 0.323 e. The van der Waals surface area contributed by atoms with Crippen LogP contribution in [0.25, 0.3) is 0 Å². The van der Waals surface area contributed by atoms with Crippen LogP contribution in [0.15, 0.2) is 18.2 Å². The van der Waals surface area contributed by atoms with E-state index in [0.717, 1.165) is 31.5 Å². The number of nitrogen functional groups attached to an aromatic ring is 1. The molecular weight excluding hydrogens is 242 g/mol. The van der Waals surface area contributed by atoms with Gasteiger partial charge in [0.2, 0.25) is 0 Å². The first-order valence-corrected chi connectivity index (χ1v) is 6.83. The average Bonchev–Trinajstić information content (AvgIpc) is 2.39. The van der Waals surface area contributed by atoms with Crippen LogP contribution in [-0.2, 0) is 16.1 Å². The Morgan fingerprint density at radius 1 is 1.53 bits per heavy atom. The zero-order valence-electron chi connectivity index (χ0n) is 11.3. The Labute approximate surface area is 113 Å². The highest BCUT2D eigenvalue weighted by molar-refractivity contribution is 5.75. The second kappa shape index (κ2) is 6.52. The Hall–Kier alpha value is -1.62. The fraction of sp³-hybridized carbons (Fsp3) is 0.571. The van der Waals surface area contributed by atoms with Gasteiger partial charge in [0, 0.05) is 6.54 Å². The van der Waals surface area contributed by atoms with E-state index in [4.69, 9.17) is 10.5 Å². The minimum atomic E-state index is -0.142. The summed E-state index contributed by atoms with van der Waals surface area (Å²) in [5, 5.41) is 0. The summed E-state index contributed by atoms with van der Waals surface area (Å²) < 4.78 is 5.15. The molecule has 0 saturated carbocycles. The predicted octanol–water partition coefficient (Wildman–Crippen LogP) is 1.58. The van der Waals surface area contributed by atoms with Crippen molar-refractivity contribution in [3.63, 3.8) is 0 Å². The van der Waals surface area contributed by atoms with Crippen molar-refractivity contribution >= 4 is 11.8 Å². The third-order valence-corrected chi connectivity index (χ3v) is 3.37. The number of hydrogen-bond acceptors (Lipinski definition) is 5. The average molecular weight is 263 g/mol. The molecule has 19 heavy (non-hydrogen) atoms. The summed E-state index contributed by atoms with van der Waals surface area (Å²) in [5.41, 5.74) is 6.58. The monoisotopic (exact) mass is 263 g/mol. The first-order chi connectivity index (χ1) is 9.20. The number of esters is 1. The maximum atomic E-state index is 12.0. The van der Waals surface area contributed by atoms with Gasteiger partial charge in [-0.15, -0.1) is 0 Å². The number of carbonyl (C=O) groups excluding carboxylic acids is 1. The molecule has 1 saturated heterocycles. The maximum Gasteiger partial charge on any atom is 0.323 e. The van der Waals surface area contributed by atoms with Crippen molar-refractivity contribution in [1.29, 1.82) is 0 Å². The van der Waals surface area contributed by atoms with Crippen molar-refractivity contribution in [2.75, 3.05) is 18.9 Å². The second-order valence-electron chi connectivity index (χ2n) is 4.79. The largest absolute Gasteiger partial charge is 0.465 e. The van der Waals surface area contributed by atoms with Gasteiger partial charge in [0.05, 0.1) is 12.3 Å². The first-order valence-electron chi connectivity index (χ1n) is 6.83. The number of rotatable bonds is 4. The predicted molar refractivity (Wildman–Crippen MR) is 73.3 cm³/mol. The minimum Gasteiger partial charge on any atom is -0.465 e. The summed E-state index contributed by atoms with van der Waals surface area (Å²) in [5.74, 6) is 0.397. The van der Waals surface area contributed by atoms with Crippen molar-refractivity contribution in [2.45, 2.75) is 38.8 Å². The number of likely N-dealkylation sites (tertiary alicyclic amines) is 1. The fourth-order valence-electron chi connectivity index (χ4n) is 2.48. The standard InChI is InChI=1S/C14H21N3O2/c1-2-19-14(18)12-7-3-4-9-17(12)10-11-6-5-8-13(15)16-11/h5-6,8,12H,2-4,7,9-10H2,1H3,(H2,15,16). The zero-order valence-corrected chi connectivity index (χ0v) is 11.3. The molecule has 5 nitrogen and oxygen atoms in total. The summed E-state index contributed by atoms with van der Waals surface area (Å²) in [4.78, 5) is 18.4. The molecule has 104 valence electrons. The van der Waals surface area contributed by atoms with Crippen molar-refractivity contribution in [1.82, 2.24) is 9.88 Å². The lowest BCUT2D eigenvalue weighted by atomic mass is 10.0. The number of nitrogens with zero attached hydrogens (tertiary/aromatic N) is 2. The highest BCUT2D eigenvalue weighted by Gasteiger charge is 2.29. The Balaban J connectivity index is 2.05. The first kappa shape index (κ1) is 13.8. The number of aromatic nitrogens is 1. The lowest BCUT2D eigenvalue weighted by molar-refractivity contribution is -0.151. The van der Waals surface area contributed by atoms with E-state index in [-0.39, 0.29) is 12.0 Å². The van der Waals surface area contributed by atoms with Crippen LogP contribution in [0, 0.1) is 0 Å². The third-order valence-electron chi connectivity index (χ3n) is 3.37. The molecule has 0 aromatic carbocycles. The Bertz CT molecular complexity index is 436. The molecule has 0 aliphatic carbocycles.